The number of esters is 1. The molecule has 0 aliphatic heterocycles. The van der Waals surface area contributed by atoms with Gasteiger partial charge in [-0.25, -0.2) is 4.79 Å². The van der Waals surface area contributed by atoms with Crippen LogP contribution >= 0.6 is 0 Å². The van der Waals surface area contributed by atoms with Crippen molar-refractivity contribution in [1.29, 1.82) is 0 Å². The van der Waals surface area contributed by atoms with Crippen molar-refractivity contribution in [3.8, 4) is 0 Å². The minimum absolute atomic E-state index is 0.173. The van der Waals surface area contributed by atoms with E-state index < -0.39 is 17.5 Å². The molecular formula is C18H20N2O5. The van der Waals surface area contributed by atoms with Crippen LogP contribution in [0.25, 0.3) is 0 Å². The Bertz CT molecular complexity index is 836. The van der Waals surface area contributed by atoms with Crippen LogP contribution in [0.15, 0.2) is 30.3 Å². The van der Waals surface area contributed by atoms with Crippen molar-refractivity contribution < 1.29 is 19.2 Å². The van der Waals surface area contributed by atoms with Gasteiger partial charge >= 0.3 is 5.97 Å². The molecule has 0 unspecified atom stereocenters. The zero-order valence-corrected chi connectivity index (χ0v) is 14.6. The van der Waals surface area contributed by atoms with Crippen molar-refractivity contribution in [2.75, 3.05) is 6.61 Å². The van der Waals surface area contributed by atoms with Crippen LogP contribution in [-0.4, -0.2) is 27.8 Å². The summed E-state index contributed by atoms with van der Waals surface area (Å²) in [6, 6.07) is 7.44. The number of carbonyl (C=O) groups excluding carboxylic acids is 2. The summed E-state index contributed by atoms with van der Waals surface area (Å²) in [5.74, 6) is -1.23. The lowest BCUT2D eigenvalue weighted by Gasteiger charge is -2.13. The summed E-state index contributed by atoms with van der Waals surface area (Å²) in [5, 5.41) is 11.0. The van der Waals surface area contributed by atoms with Crippen molar-refractivity contribution in [3.63, 3.8) is 0 Å². The molecule has 2 rings (SSSR count). The molecule has 7 nitrogen and oxygen atoms in total. The predicted octanol–water partition coefficient (Wildman–Crippen LogP) is 3.63. The smallest absolute Gasteiger partial charge is 0.345 e. The molecule has 0 aliphatic rings. The lowest BCUT2D eigenvalue weighted by atomic mass is 10.1. The molecule has 0 atom stereocenters. The fourth-order valence-corrected chi connectivity index (χ4v) is 2.95. The van der Waals surface area contributed by atoms with Crippen LogP contribution in [0.5, 0.6) is 0 Å². The Hall–Kier alpha value is -2.96. The first-order valence-electron chi connectivity index (χ1n) is 7.86. The van der Waals surface area contributed by atoms with E-state index in [4.69, 9.17) is 4.74 Å². The second-order valence-electron chi connectivity index (χ2n) is 6.02. The maximum Gasteiger partial charge on any atom is 0.345 e. The number of ether oxygens (including phenoxy) is 1. The number of aryl methyl sites for hydroxylation is 1. The van der Waals surface area contributed by atoms with E-state index in [0.29, 0.717) is 5.56 Å². The zero-order chi connectivity index (χ0) is 18.7. The van der Waals surface area contributed by atoms with Crippen molar-refractivity contribution in [1.82, 2.24) is 4.57 Å². The number of aromatic nitrogens is 1. The van der Waals surface area contributed by atoms with Gasteiger partial charge in [-0.15, -0.1) is 0 Å². The van der Waals surface area contributed by atoms with Crippen LogP contribution in [0.1, 0.15) is 52.0 Å². The SMILES string of the molecule is Cc1cc(C(=O)COC(=O)c2ccccc2[N+](=O)[O-])c(C)n1C(C)C. The van der Waals surface area contributed by atoms with Gasteiger partial charge in [-0.3, -0.25) is 14.9 Å². The van der Waals surface area contributed by atoms with Gasteiger partial charge in [0, 0.05) is 29.1 Å². The molecule has 0 spiro atoms. The highest BCUT2D eigenvalue weighted by Crippen LogP contribution is 2.21. The average molecular weight is 344 g/mol. The number of para-hydroxylation sites is 1. The molecule has 2 aromatic rings. The maximum atomic E-state index is 12.4. The van der Waals surface area contributed by atoms with Crippen molar-refractivity contribution in [2.45, 2.75) is 33.7 Å². The quantitative estimate of drug-likeness (QED) is 0.345. The van der Waals surface area contributed by atoms with Gasteiger partial charge in [-0.05, 0) is 39.8 Å². The molecule has 0 aliphatic carbocycles. The summed E-state index contributed by atoms with van der Waals surface area (Å²) in [6.07, 6.45) is 0. The number of nitrogens with zero attached hydrogens (tertiary/aromatic N) is 2. The fourth-order valence-electron chi connectivity index (χ4n) is 2.95. The van der Waals surface area contributed by atoms with Crippen LogP contribution < -0.4 is 0 Å². The predicted molar refractivity (Wildman–Crippen MR) is 92.0 cm³/mol. The van der Waals surface area contributed by atoms with E-state index in [-0.39, 0.29) is 23.1 Å². The summed E-state index contributed by atoms with van der Waals surface area (Å²) in [5.41, 5.74) is 1.72. The van der Waals surface area contributed by atoms with Crippen LogP contribution in [0, 0.1) is 24.0 Å². The molecule has 0 amide bonds. The Labute approximate surface area is 145 Å². The van der Waals surface area contributed by atoms with Crippen molar-refractivity contribution in [3.05, 3.63) is 63.0 Å². The third kappa shape index (κ3) is 3.76. The molecule has 1 aromatic heterocycles. The Morgan fingerprint density at radius 2 is 1.84 bits per heavy atom. The Kier molecular flexibility index (Phi) is 5.36. The number of benzene rings is 1. The first kappa shape index (κ1) is 18.4. The Morgan fingerprint density at radius 3 is 2.40 bits per heavy atom. The van der Waals surface area contributed by atoms with Gasteiger partial charge in [-0.2, -0.15) is 0 Å². The Morgan fingerprint density at radius 1 is 1.20 bits per heavy atom. The molecule has 7 heteroatoms. The van der Waals surface area contributed by atoms with Gasteiger partial charge in [-0.1, -0.05) is 12.1 Å². The summed E-state index contributed by atoms with van der Waals surface area (Å²) >= 11 is 0. The van der Waals surface area contributed by atoms with Gasteiger partial charge in [0.05, 0.1) is 4.92 Å². The van der Waals surface area contributed by atoms with Gasteiger partial charge in [0.2, 0.25) is 5.78 Å². The van der Waals surface area contributed by atoms with Crippen LogP contribution in [0.3, 0.4) is 0 Å². The maximum absolute atomic E-state index is 12.4. The van der Waals surface area contributed by atoms with E-state index in [9.17, 15) is 19.7 Å². The fraction of sp³-hybridized carbons (Fsp3) is 0.333. The van der Waals surface area contributed by atoms with E-state index >= 15 is 0 Å². The lowest BCUT2D eigenvalue weighted by molar-refractivity contribution is -0.385. The molecule has 0 saturated carbocycles. The minimum atomic E-state index is -0.890. The van der Waals surface area contributed by atoms with Crippen molar-refractivity contribution >= 4 is 17.4 Å². The molecule has 0 fully saturated rings. The number of rotatable bonds is 6. The molecule has 0 radical (unpaired) electrons. The molecule has 0 N–H and O–H groups in total. The minimum Gasteiger partial charge on any atom is -0.454 e. The number of hydrogen-bond acceptors (Lipinski definition) is 5. The first-order chi connectivity index (χ1) is 11.7. The number of carbonyl (C=O) groups is 2. The van der Waals surface area contributed by atoms with Gasteiger partial charge in [0.1, 0.15) is 5.56 Å². The van der Waals surface area contributed by atoms with Crippen LogP contribution in [0.4, 0.5) is 5.69 Å². The molecule has 1 aromatic carbocycles. The molecule has 132 valence electrons. The number of nitro benzene ring substituents is 1. The van der Waals surface area contributed by atoms with E-state index in [2.05, 4.69) is 0 Å². The standard InChI is InChI=1S/C18H20N2O5/c1-11(2)19-12(3)9-15(13(19)4)17(21)10-25-18(22)14-7-5-6-8-16(14)20(23)24/h5-9,11H,10H2,1-4H3. The monoisotopic (exact) mass is 344 g/mol. The van der Waals surface area contributed by atoms with Crippen LogP contribution in [0.2, 0.25) is 0 Å². The molecule has 25 heavy (non-hydrogen) atoms. The number of hydrogen-bond donors (Lipinski definition) is 0. The van der Waals surface area contributed by atoms with Crippen molar-refractivity contribution in [2.24, 2.45) is 0 Å². The third-order valence-electron chi connectivity index (χ3n) is 3.96. The zero-order valence-electron chi connectivity index (χ0n) is 14.6. The molecular weight excluding hydrogens is 324 g/mol. The summed E-state index contributed by atoms with van der Waals surface area (Å²) < 4.78 is 7.02. The number of nitro groups is 1. The lowest BCUT2D eigenvalue weighted by Crippen LogP contribution is -2.16. The normalized spacial score (nSPS) is 10.8. The van der Waals surface area contributed by atoms with Gasteiger partial charge in [0.15, 0.2) is 6.61 Å². The highest BCUT2D eigenvalue weighted by molar-refractivity contribution is 6.01. The largest absolute Gasteiger partial charge is 0.454 e. The van der Waals surface area contributed by atoms with Gasteiger partial charge < -0.3 is 9.30 Å². The third-order valence-corrected chi connectivity index (χ3v) is 3.96. The second-order valence-corrected chi connectivity index (χ2v) is 6.02. The first-order valence-corrected chi connectivity index (χ1v) is 7.86. The molecule has 0 saturated heterocycles. The highest BCUT2D eigenvalue weighted by Gasteiger charge is 2.23. The van der Waals surface area contributed by atoms with E-state index in [1.54, 1.807) is 6.07 Å². The highest BCUT2D eigenvalue weighted by atomic mass is 16.6. The summed E-state index contributed by atoms with van der Waals surface area (Å²) in [7, 11) is 0. The summed E-state index contributed by atoms with van der Waals surface area (Å²) in [4.78, 5) is 34.8. The Balaban J connectivity index is 2.15. The van der Waals surface area contributed by atoms with E-state index in [1.165, 1.54) is 24.3 Å². The number of ketones is 1. The summed E-state index contributed by atoms with van der Waals surface area (Å²) in [6.45, 7) is 7.31. The molecule has 1 heterocycles. The average Bonchev–Trinajstić information content (AvgIpc) is 2.86. The van der Waals surface area contributed by atoms with Crippen LogP contribution in [-0.2, 0) is 4.74 Å². The number of Topliss-reactive ketones (excluding diaryl/α,β-unsaturated/α-hetero) is 1. The molecule has 0 bridgehead atoms. The van der Waals surface area contributed by atoms with E-state index in [1.807, 2.05) is 32.3 Å². The second kappa shape index (κ2) is 7.29. The topological polar surface area (TPSA) is 91.4 Å². The van der Waals surface area contributed by atoms with Gasteiger partial charge in [0.25, 0.3) is 5.69 Å². The van der Waals surface area contributed by atoms with E-state index in [0.717, 1.165) is 11.4 Å².